The molecular formula is C11H14N4OS. The summed E-state index contributed by atoms with van der Waals surface area (Å²) in [4.78, 5) is 11.5. The number of fused-ring (bicyclic) bond motifs is 1. The van der Waals surface area contributed by atoms with Gasteiger partial charge in [0.05, 0.1) is 11.5 Å². The molecule has 1 fully saturated rings. The summed E-state index contributed by atoms with van der Waals surface area (Å²) in [5, 5.41) is 12.7. The Kier molecular flexibility index (Phi) is 2.60. The maximum Gasteiger partial charge on any atom is 0.223 e. The molecule has 90 valence electrons. The number of hydrogen-bond acceptors (Lipinski definition) is 6. The molecule has 3 heterocycles. The van der Waals surface area contributed by atoms with Gasteiger partial charge in [0, 0.05) is 13.1 Å². The largest absolute Gasteiger partial charge is 0.391 e. The molecule has 1 unspecified atom stereocenters. The van der Waals surface area contributed by atoms with Gasteiger partial charge in [-0.1, -0.05) is 0 Å². The summed E-state index contributed by atoms with van der Waals surface area (Å²) in [5.74, 6) is 1.16. The summed E-state index contributed by atoms with van der Waals surface area (Å²) in [6.45, 7) is 1.54. The van der Waals surface area contributed by atoms with Gasteiger partial charge in [0.1, 0.15) is 10.6 Å². The van der Waals surface area contributed by atoms with Gasteiger partial charge in [-0.2, -0.15) is 4.98 Å². The summed E-state index contributed by atoms with van der Waals surface area (Å²) >= 11 is 1.56. The Morgan fingerprint density at radius 2 is 2.35 bits per heavy atom. The van der Waals surface area contributed by atoms with Gasteiger partial charge in [-0.15, -0.1) is 11.3 Å². The van der Waals surface area contributed by atoms with E-state index in [1.807, 2.05) is 11.4 Å². The number of thiophene rings is 1. The number of β-amino-alcohol motifs (C(OH)–C–C–N with tert-alkyl or cyclic N) is 1. The van der Waals surface area contributed by atoms with Crippen molar-refractivity contribution in [2.45, 2.75) is 18.9 Å². The van der Waals surface area contributed by atoms with Crippen LogP contribution in [0.4, 0.5) is 11.8 Å². The fourth-order valence-electron chi connectivity index (χ4n) is 2.24. The molecule has 1 atom stereocenters. The van der Waals surface area contributed by atoms with Crippen molar-refractivity contribution in [1.29, 1.82) is 0 Å². The average molecular weight is 250 g/mol. The summed E-state index contributed by atoms with van der Waals surface area (Å²) in [6, 6.07) is 2.01. The number of hydrogen-bond donors (Lipinski definition) is 2. The topological polar surface area (TPSA) is 75.3 Å². The maximum atomic E-state index is 9.72. The zero-order valence-electron chi connectivity index (χ0n) is 9.33. The number of aromatic nitrogens is 2. The van der Waals surface area contributed by atoms with E-state index in [1.165, 1.54) is 0 Å². The molecule has 0 spiro atoms. The first-order valence-electron chi connectivity index (χ1n) is 5.68. The molecule has 0 aliphatic carbocycles. The fourth-order valence-corrected chi connectivity index (χ4v) is 3.01. The molecule has 2 aromatic rings. The molecule has 0 aromatic carbocycles. The van der Waals surface area contributed by atoms with E-state index in [2.05, 4.69) is 14.9 Å². The summed E-state index contributed by atoms with van der Waals surface area (Å²) in [7, 11) is 0. The lowest BCUT2D eigenvalue weighted by molar-refractivity contribution is 0.154. The van der Waals surface area contributed by atoms with E-state index in [1.54, 1.807) is 11.3 Å². The van der Waals surface area contributed by atoms with Gasteiger partial charge in [0.25, 0.3) is 0 Å². The lowest BCUT2D eigenvalue weighted by Crippen LogP contribution is -2.38. The Morgan fingerprint density at radius 1 is 1.47 bits per heavy atom. The number of rotatable bonds is 1. The predicted molar refractivity (Wildman–Crippen MR) is 69.3 cm³/mol. The molecule has 5 nitrogen and oxygen atoms in total. The third kappa shape index (κ3) is 1.94. The highest BCUT2D eigenvalue weighted by molar-refractivity contribution is 7.16. The molecule has 3 N–H and O–H groups in total. The fraction of sp³-hybridized carbons (Fsp3) is 0.455. The van der Waals surface area contributed by atoms with Gasteiger partial charge in [-0.05, 0) is 24.3 Å². The number of nitrogens with zero attached hydrogens (tertiary/aromatic N) is 3. The van der Waals surface area contributed by atoms with Crippen LogP contribution in [0.1, 0.15) is 12.8 Å². The van der Waals surface area contributed by atoms with Gasteiger partial charge in [0.15, 0.2) is 0 Å². The van der Waals surface area contributed by atoms with Crippen molar-refractivity contribution in [2.75, 3.05) is 23.7 Å². The molecule has 0 amide bonds. The van der Waals surface area contributed by atoms with Crippen LogP contribution in [0.2, 0.25) is 0 Å². The normalized spacial score (nSPS) is 21.0. The smallest absolute Gasteiger partial charge is 0.223 e. The van der Waals surface area contributed by atoms with E-state index >= 15 is 0 Å². The molecule has 6 heteroatoms. The lowest BCUT2D eigenvalue weighted by atomic mass is 10.1. The van der Waals surface area contributed by atoms with Gasteiger partial charge in [-0.25, -0.2) is 4.98 Å². The van der Waals surface area contributed by atoms with Crippen LogP contribution < -0.4 is 10.6 Å². The Morgan fingerprint density at radius 3 is 3.18 bits per heavy atom. The zero-order valence-corrected chi connectivity index (χ0v) is 10.2. The maximum absolute atomic E-state index is 9.72. The Hall–Kier alpha value is -1.40. The number of nitrogen functional groups attached to an aromatic ring is 1. The van der Waals surface area contributed by atoms with E-state index in [9.17, 15) is 5.11 Å². The number of anilines is 2. The second-order valence-electron chi connectivity index (χ2n) is 4.29. The number of aliphatic hydroxyl groups excluding tert-OH is 1. The minimum atomic E-state index is -0.270. The lowest BCUT2D eigenvalue weighted by Gasteiger charge is -2.31. The molecule has 1 aliphatic rings. The van der Waals surface area contributed by atoms with Crippen LogP contribution >= 0.6 is 11.3 Å². The van der Waals surface area contributed by atoms with Crippen LogP contribution in [0, 0.1) is 0 Å². The Balaban J connectivity index is 2.06. The molecule has 0 bridgehead atoms. The third-order valence-electron chi connectivity index (χ3n) is 3.02. The minimum Gasteiger partial charge on any atom is -0.391 e. The van der Waals surface area contributed by atoms with Crippen LogP contribution in [0.5, 0.6) is 0 Å². The summed E-state index contributed by atoms with van der Waals surface area (Å²) in [6.07, 6.45) is 1.58. The first kappa shape index (κ1) is 10.7. The number of nitrogens with two attached hydrogens (primary N) is 1. The highest BCUT2D eigenvalue weighted by Gasteiger charge is 2.21. The SMILES string of the molecule is Nc1nc(N2CCCC(O)C2)c2ccsc2n1. The first-order chi connectivity index (χ1) is 8.24. The standard InChI is InChI=1S/C11H14N4OS/c12-11-13-9(8-3-5-17-10(8)14-11)15-4-1-2-7(16)6-15/h3,5,7,16H,1-2,4,6H2,(H2,12,13,14). The molecule has 0 radical (unpaired) electrons. The van der Waals surface area contributed by atoms with Crippen molar-refractivity contribution in [3.63, 3.8) is 0 Å². The highest BCUT2D eigenvalue weighted by atomic mass is 32.1. The average Bonchev–Trinajstić information content (AvgIpc) is 2.75. The van der Waals surface area contributed by atoms with Crippen molar-refractivity contribution in [2.24, 2.45) is 0 Å². The second-order valence-corrected chi connectivity index (χ2v) is 5.18. The third-order valence-corrected chi connectivity index (χ3v) is 3.82. The summed E-state index contributed by atoms with van der Waals surface area (Å²) in [5.41, 5.74) is 5.72. The quantitative estimate of drug-likeness (QED) is 0.796. The molecule has 1 aliphatic heterocycles. The number of piperidine rings is 1. The Bertz CT molecular complexity index is 541. The van der Waals surface area contributed by atoms with Crippen LogP contribution in [0.25, 0.3) is 10.2 Å². The zero-order chi connectivity index (χ0) is 11.8. The van der Waals surface area contributed by atoms with Gasteiger partial charge in [-0.3, -0.25) is 0 Å². The Labute approximate surface area is 103 Å². The summed E-state index contributed by atoms with van der Waals surface area (Å²) < 4.78 is 0. The van der Waals surface area contributed by atoms with E-state index in [-0.39, 0.29) is 6.10 Å². The molecular weight excluding hydrogens is 236 g/mol. The van der Waals surface area contributed by atoms with Crippen molar-refractivity contribution < 1.29 is 5.11 Å². The van der Waals surface area contributed by atoms with Gasteiger partial charge in [0.2, 0.25) is 5.95 Å². The van der Waals surface area contributed by atoms with E-state index in [0.29, 0.717) is 12.5 Å². The molecule has 2 aromatic heterocycles. The van der Waals surface area contributed by atoms with Crippen molar-refractivity contribution >= 4 is 33.3 Å². The van der Waals surface area contributed by atoms with Crippen LogP contribution in [-0.2, 0) is 0 Å². The first-order valence-corrected chi connectivity index (χ1v) is 6.56. The van der Waals surface area contributed by atoms with Crippen molar-refractivity contribution in [3.8, 4) is 0 Å². The molecule has 1 saturated heterocycles. The molecule has 0 saturated carbocycles. The van der Waals surface area contributed by atoms with Crippen molar-refractivity contribution in [3.05, 3.63) is 11.4 Å². The van der Waals surface area contributed by atoms with Crippen LogP contribution in [0.3, 0.4) is 0 Å². The highest BCUT2D eigenvalue weighted by Crippen LogP contribution is 2.30. The van der Waals surface area contributed by atoms with Gasteiger partial charge < -0.3 is 15.7 Å². The van der Waals surface area contributed by atoms with Gasteiger partial charge >= 0.3 is 0 Å². The molecule has 17 heavy (non-hydrogen) atoms. The van der Waals surface area contributed by atoms with E-state index in [4.69, 9.17) is 5.73 Å². The van der Waals surface area contributed by atoms with Crippen molar-refractivity contribution in [1.82, 2.24) is 9.97 Å². The van der Waals surface area contributed by atoms with Crippen LogP contribution in [-0.4, -0.2) is 34.3 Å². The van der Waals surface area contributed by atoms with E-state index < -0.39 is 0 Å². The minimum absolute atomic E-state index is 0.270. The molecule has 3 rings (SSSR count). The monoisotopic (exact) mass is 250 g/mol. The van der Waals surface area contributed by atoms with E-state index in [0.717, 1.165) is 35.4 Å². The second kappa shape index (κ2) is 4.12. The predicted octanol–water partition coefficient (Wildman–Crippen LogP) is 1.23. The number of aliphatic hydroxyl groups is 1. The van der Waals surface area contributed by atoms with Crippen LogP contribution in [0.15, 0.2) is 11.4 Å².